The smallest absolute Gasteiger partial charge is 0.191 e. The van der Waals surface area contributed by atoms with Crippen molar-refractivity contribution >= 4 is 29.9 Å². The average molecular weight is 553 g/mol. The summed E-state index contributed by atoms with van der Waals surface area (Å²) in [6.07, 6.45) is 2.40. The lowest BCUT2D eigenvalue weighted by molar-refractivity contribution is 0.178. The largest absolute Gasteiger partial charge is 0.497 e. The summed E-state index contributed by atoms with van der Waals surface area (Å²) in [6.45, 7) is 7.58. The van der Waals surface area contributed by atoms with Gasteiger partial charge in [-0.3, -0.25) is 9.89 Å². The van der Waals surface area contributed by atoms with Crippen molar-refractivity contribution in [3.63, 3.8) is 0 Å². The molecule has 2 N–H and O–H groups in total. The minimum Gasteiger partial charge on any atom is -0.497 e. The highest BCUT2D eigenvalue weighted by atomic mass is 127. The number of hydrogen-bond donors (Lipinski definition) is 2. The Kier molecular flexibility index (Phi) is 11.7. The third-order valence-electron chi connectivity index (χ3n) is 5.77. The molecule has 0 aliphatic carbocycles. The molecule has 32 heavy (non-hydrogen) atoms. The van der Waals surface area contributed by atoms with Gasteiger partial charge in [0.2, 0.25) is 0 Å². The molecule has 0 unspecified atom stereocenters. The number of guanidine groups is 1. The predicted molar refractivity (Wildman–Crippen MR) is 142 cm³/mol. The van der Waals surface area contributed by atoms with Gasteiger partial charge in [0.05, 0.1) is 13.7 Å². The zero-order chi connectivity index (χ0) is 21.9. The summed E-state index contributed by atoms with van der Waals surface area (Å²) in [4.78, 5) is 6.92. The number of para-hydroxylation sites is 1. The van der Waals surface area contributed by atoms with Crippen molar-refractivity contribution in [2.45, 2.75) is 32.9 Å². The van der Waals surface area contributed by atoms with Crippen LogP contribution in [0, 0.1) is 5.92 Å². The number of halogens is 1. The number of nitrogens with one attached hydrogen (secondary N) is 2. The van der Waals surface area contributed by atoms with Crippen molar-refractivity contribution in [1.82, 2.24) is 15.5 Å². The fourth-order valence-corrected chi connectivity index (χ4v) is 3.92. The highest BCUT2D eigenvalue weighted by Gasteiger charge is 2.19. The first-order valence-electron chi connectivity index (χ1n) is 11.2. The maximum atomic E-state index is 5.71. The summed E-state index contributed by atoms with van der Waals surface area (Å²) in [6, 6.07) is 16.5. The van der Waals surface area contributed by atoms with E-state index in [9.17, 15) is 0 Å². The van der Waals surface area contributed by atoms with Gasteiger partial charge in [-0.05, 0) is 62.5 Å². The molecule has 1 saturated heterocycles. The molecular weight excluding hydrogens is 515 g/mol. The summed E-state index contributed by atoms with van der Waals surface area (Å²) in [5, 5.41) is 6.92. The lowest BCUT2D eigenvalue weighted by atomic mass is 9.96. The Balaban J connectivity index is 0.00000363. The van der Waals surface area contributed by atoms with E-state index in [1.165, 1.54) is 18.4 Å². The van der Waals surface area contributed by atoms with Gasteiger partial charge in [-0.2, -0.15) is 0 Å². The normalized spacial score (nSPS) is 15.0. The van der Waals surface area contributed by atoms with Gasteiger partial charge in [-0.1, -0.05) is 30.3 Å². The van der Waals surface area contributed by atoms with E-state index in [-0.39, 0.29) is 24.0 Å². The van der Waals surface area contributed by atoms with E-state index in [1.807, 2.05) is 44.3 Å². The zero-order valence-corrected chi connectivity index (χ0v) is 21.8. The lowest BCUT2D eigenvalue weighted by Gasteiger charge is -2.32. The molecule has 1 aliphatic heterocycles. The third kappa shape index (κ3) is 8.16. The van der Waals surface area contributed by atoms with Gasteiger partial charge in [-0.25, -0.2) is 0 Å². The molecule has 0 saturated carbocycles. The van der Waals surface area contributed by atoms with E-state index >= 15 is 0 Å². The van der Waals surface area contributed by atoms with Crippen LogP contribution in [0.5, 0.6) is 11.5 Å². The van der Waals surface area contributed by atoms with E-state index in [0.29, 0.717) is 19.1 Å². The Hall–Kier alpha value is -2.00. The van der Waals surface area contributed by atoms with Gasteiger partial charge in [0, 0.05) is 32.2 Å². The number of piperidine rings is 1. The first kappa shape index (κ1) is 26.3. The van der Waals surface area contributed by atoms with Gasteiger partial charge in [0.1, 0.15) is 11.5 Å². The predicted octanol–water partition coefficient (Wildman–Crippen LogP) is 4.29. The van der Waals surface area contributed by atoms with Crippen molar-refractivity contribution in [3.8, 4) is 11.5 Å². The van der Waals surface area contributed by atoms with E-state index in [0.717, 1.165) is 49.2 Å². The summed E-state index contributed by atoms with van der Waals surface area (Å²) < 4.78 is 11.0. The zero-order valence-electron chi connectivity index (χ0n) is 19.5. The number of aliphatic imine (C=N–C) groups is 1. The summed E-state index contributed by atoms with van der Waals surface area (Å²) in [5.41, 5.74) is 2.48. The molecule has 0 amide bonds. The molecular formula is C25H37IN4O2. The van der Waals surface area contributed by atoms with Crippen LogP contribution in [0.3, 0.4) is 0 Å². The van der Waals surface area contributed by atoms with Crippen molar-refractivity contribution < 1.29 is 9.47 Å². The monoisotopic (exact) mass is 552 g/mol. The van der Waals surface area contributed by atoms with Gasteiger partial charge in [0.15, 0.2) is 5.96 Å². The van der Waals surface area contributed by atoms with E-state index in [1.54, 1.807) is 7.11 Å². The second-order valence-electron chi connectivity index (χ2n) is 7.92. The number of rotatable bonds is 9. The standard InChI is InChI=1S/C25H36N4O2.HI/c1-4-31-24-8-6-5-7-22(24)18-28-25(26-2)27-17-20-13-15-29(16-14-20)19-21-9-11-23(30-3)12-10-21;/h5-12,20H,4,13-19H2,1-3H3,(H2,26,27,28);1H. The highest BCUT2D eigenvalue weighted by Crippen LogP contribution is 2.20. The molecule has 0 spiro atoms. The Morgan fingerprint density at radius 2 is 1.78 bits per heavy atom. The fourth-order valence-electron chi connectivity index (χ4n) is 3.92. The van der Waals surface area contributed by atoms with E-state index < -0.39 is 0 Å². The molecule has 1 heterocycles. The minimum absolute atomic E-state index is 0. The summed E-state index contributed by atoms with van der Waals surface area (Å²) in [5.74, 6) is 3.35. The average Bonchev–Trinajstić information content (AvgIpc) is 2.82. The van der Waals surface area contributed by atoms with Crippen LogP contribution in [-0.2, 0) is 13.1 Å². The Labute approximate surface area is 209 Å². The van der Waals surface area contributed by atoms with E-state index in [4.69, 9.17) is 9.47 Å². The van der Waals surface area contributed by atoms with Crippen LogP contribution >= 0.6 is 24.0 Å². The SMILES string of the molecule is CCOc1ccccc1CNC(=NC)NCC1CCN(Cc2ccc(OC)cc2)CC1.I. The maximum Gasteiger partial charge on any atom is 0.191 e. The van der Waals surface area contributed by atoms with Crippen LogP contribution in [0.25, 0.3) is 0 Å². The number of hydrogen-bond acceptors (Lipinski definition) is 4. The van der Waals surface area contributed by atoms with Gasteiger partial charge in [0.25, 0.3) is 0 Å². The summed E-state index contributed by atoms with van der Waals surface area (Å²) >= 11 is 0. The second kappa shape index (κ2) is 14.2. The molecule has 0 radical (unpaired) electrons. The molecule has 1 aliphatic rings. The minimum atomic E-state index is 0. The van der Waals surface area contributed by atoms with Crippen LogP contribution in [0.2, 0.25) is 0 Å². The molecule has 6 nitrogen and oxygen atoms in total. The maximum absolute atomic E-state index is 5.71. The Morgan fingerprint density at radius 1 is 1.06 bits per heavy atom. The third-order valence-corrected chi connectivity index (χ3v) is 5.77. The Bertz CT molecular complexity index is 821. The highest BCUT2D eigenvalue weighted by molar-refractivity contribution is 14.0. The van der Waals surface area contributed by atoms with Gasteiger partial charge >= 0.3 is 0 Å². The molecule has 176 valence electrons. The van der Waals surface area contributed by atoms with Crippen molar-refractivity contribution in [3.05, 3.63) is 59.7 Å². The van der Waals surface area contributed by atoms with Gasteiger partial charge < -0.3 is 20.1 Å². The topological polar surface area (TPSA) is 58.1 Å². The lowest BCUT2D eigenvalue weighted by Crippen LogP contribution is -2.42. The first-order valence-corrected chi connectivity index (χ1v) is 11.2. The molecule has 1 fully saturated rings. The number of benzene rings is 2. The first-order chi connectivity index (χ1) is 15.2. The van der Waals surface area contributed by atoms with Crippen LogP contribution in [-0.4, -0.2) is 51.3 Å². The molecule has 3 rings (SSSR count). The van der Waals surface area contributed by atoms with E-state index in [2.05, 4.69) is 38.7 Å². The molecule has 2 aromatic rings. The van der Waals surface area contributed by atoms with Crippen LogP contribution in [0.4, 0.5) is 0 Å². The number of likely N-dealkylation sites (tertiary alicyclic amines) is 1. The number of methoxy groups -OCH3 is 1. The number of ether oxygens (including phenoxy) is 2. The van der Waals surface area contributed by atoms with Crippen molar-refractivity contribution in [1.29, 1.82) is 0 Å². The molecule has 2 aromatic carbocycles. The van der Waals surface area contributed by atoms with Crippen molar-refractivity contribution in [2.24, 2.45) is 10.9 Å². The quantitative estimate of drug-likeness (QED) is 0.276. The van der Waals surface area contributed by atoms with Crippen LogP contribution < -0.4 is 20.1 Å². The number of nitrogens with zero attached hydrogens (tertiary/aromatic N) is 2. The Morgan fingerprint density at radius 3 is 2.44 bits per heavy atom. The van der Waals surface area contributed by atoms with Gasteiger partial charge in [-0.15, -0.1) is 24.0 Å². The van der Waals surface area contributed by atoms with Crippen LogP contribution in [0.1, 0.15) is 30.9 Å². The molecule has 7 heteroatoms. The molecule has 0 bridgehead atoms. The molecule has 0 aromatic heterocycles. The second-order valence-corrected chi connectivity index (χ2v) is 7.92. The summed E-state index contributed by atoms with van der Waals surface area (Å²) in [7, 11) is 3.53. The van der Waals surface area contributed by atoms with Crippen molar-refractivity contribution in [2.75, 3.05) is 40.4 Å². The molecule has 0 atom stereocenters. The van der Waals surface area contributed by atoms with Crippen LogP contribution in [0.15, 0.2) is 53.5 Å². The fraction of sp³-hybridized carbons (Fsp3) is 0.480.